The van der Waals surface area contributed by atoms with Gasteiger partial charge in [0, 0.05) is 22.3 Å². The zero-order valence-electron chi connectivity index (χ0n) is 23.2. The van der Waals surface area contributed by atoms with Crippen LogP contribution in [0.15, 0.2) is 109 Å². The number of aldehydes is 4. The fourth-order valence-corrected chi connectivity index (χ4v) is 4.32. The second-order valence-corrected chi connectivity index (χ2v) is 9.28. The van der Waals surface area contributed by atoms with Gasteiger partial charge in [0.1, 0.15) is 36.6 Å². The molecular weight excluding hydrogens is 540 g/mol. The van der Waals surface area contributed by atoms with Crippen LogP contribution in [-0.2, 0) is 0 Å². The van der Waals surface area contributed by atoms with Crippen molar-refractivity contribution in [2.24, 2.45) is 0 Å². The summed E-state index contributed by atoms with van der Waals surface area (Å²) in [4.78, 5) is 42.7. The molecule has 5 aromatic rings. The highest BCUT2D eigenvalue weighted by molar-refractivity contribution is 5.84. The minimum atomic E-state index is 0. The molecular formula is C37H32O6. The van der Waals surface area contributed by atoms with E-state index in [9.17, 15) is 19.2 Å². The van der Waals surface area contributed by atoms with E-state index in [1.54, 1.807) is 19.2 Å². The number of carbonyl (C=O) groups excluding carboxylic acids is 4. The number of rotatable bonds is 9. The molecule has 5 aromatic carbocycles. The van der Waals surface area contributed by atoms with E-state index in [1.165, 1.54) is 13.2 Å². The van der Waals surface area contributed by atoms with Crippen molar-refractivity contribution in [3.63, 3.8) is 0 Å². The Morgan fingerprint density at radius 1 is 0.372 bits per heavy atom. The predicted octanol–water partition coefficient (Wildman–Crippen LogP) is 8.28. The van der Waals surface area contributed by atoms with Gasteiger partial charge < -0.3 is 9.47 Å². The third kappa shape index (κ3) is 8.21. The van der Waals surface area contributed by atoms with Crippen molar-refractivity contribution in [2.75, 3.05) is 14.2 Å². The largest absolute Gasteiger partial charge is 0.497 e. The Balaban J connectivity index is 0.000000329. The highest BCUT2D eigenvalue weighted by Crippen LogP contribution is 2.33. The van der Waals surface area contributed by atoms with Crippen molar-refractivity contribution < 1.29 is 28.7 Å². The summed E-state index contributed by atoms with van der Waals surface area (Å²) < 4.78 is 10.2. The van der Waals surface area contributed by atoms with Gasteiger partial charge in [-0.05, 0) is 81.9 Å². The van der Waals surface area contributed by atoms with Crippen LogP contribution in [0.2, 0.25) is 0 Å². The maximum absolute atomic E-state index is 11.0. The van der Waals surface area contributed by atoms with Gasteiger partial charge in [-0.1, -0.05) is 68.1 Å². The number of benzene rings is 5. The van der Waals surface area contributed by atoms with Gasteiger partial charge in [-0.2, -0.15) is 0 Å². The van der Waals surface area contributed by atoms with Gasteiger partial charge >= 0.3 is 0 Å². The van der Waals surface area contributed by atoms with Crippen molar-refractivity contribution >= 4 is 25.1 Å². The van der Waals surface area contributed by atoms with Crippen LogP contribution in [0.4, 0.5) is 0 Å². The Kier molecular flexibility index (Phi) is 11.4. The Morgan fingerprint density at radius 2 is 0.698 bits per heavy atom. The summed E-state index contributed by atoms with van der Waals surface area (Å²) in [5.74, 6) is 1.32. The van der Waals surface area contributed by atoms with E-state index in [4.69, 9.17) is 9.47 Å². The van der Waals surface area contributed by atoms with Crippen LogP contribution in [0.25, 0.3) is 33.4 Å². The predicted molar refractivity (Wildman–Crippen MR) is 171 cm³/mol. The van der Waals surface area contributed by atoms with E-state index >= 15 is 0 Å². The molecule has 0 bridgehead atoms. The minimum Gasteiger partial charge on any atom is -0.497 e. The van der Waals surface area contributed by atoms with Gasteiger partial charge in [0.05, 0.1) is 14.2 Å². The molecule has 0 aromatic heterocycles. The molecule has 0 fully saturated rings. The van der Waals surface area contributed by atoms with E-state index in [1.807, 2.05) is 72.8 Å². The van der Waals surface area contributed by atoms with E-state index in [0.29, 0.717) is 40.6 Å². The summed E-state index contributed by atoms with van der Waals surface area (Å²) >= 11 is 0. The molecule has 0 aliphatic carbocycles. The van der Waals surface area contributed by atoms with Gasteiger partial charge in [-0.15, -0.1) is 0 Å². The second kappa shape index (κ2) is 15.4. The third-order valence-corrected chi connectivity index (χ3v) is 6.58. The standard InChI is InChI=1S/C27H20O3.C9H8O3.CH4/c1-30-27-12-10-23(11-13-27)26-15-24(21-6-2-19(17-28)3-7-21)14-25(16-26)22-8-4-20(18-29)5-9-22;1-12-9-3-7(5-10)2-8(4-9)6-11;/h2-18H,1H3;2-6H,1H3;1H4. The zero-order valence-corrected chi connectivity index (χ0v) is 23.2. The fraction of sp³-hybridized carbons (Fsp3) is 0.0811. The molecule has 0 saturated carbocycles. The lowest BCUT2D eigenvalue weighted by molar-refractivity contribution is 0.111. The molecule has 0 N–H and O–H groups in total. The van der Waals surface area contributed by atoms with Crippen LogP contribution in [0.1, 0.15) is 48.9 Å². The Hall–Kier alpha value is -5.62. The van der Waals surface area contributed by atoms with Crippen LogP contribution in [0.3, 0.4) is 0 Å². The molecule has 0 amide bonds. The number of carbonyl (C=O) groups is 4. The number of hydrogen-bond acceptors (Lipinski definition) is 6. The Labute approximate surface area is 251 Å². The van der Waals surface area contributed by atoms with E-state index < -0.39 is 0 Å². The van der Waals surface area contributed by atoms with Gasteiger partial charge in [0.25, 0.3) is 0 Å². The van der Waals surface area contributed by atoms with E-state index in [2.05, 4.69) is 18.2 Å². The molecule has 0 unspecified atom stereocenters. The van der Waals surface area contributed by atoms with Crippen LogP contribution in [0.5, 0.6) is 11.5 Å². The third-order valence-electron chi connectivity index (χ3n) is 6.58. The van der Waals surface area contributed by atoms with Gasteiger partial charge in [0.15, 0.2) is 0 Å². The molecule has 0 aliphatic rings. The molecule has 0 spiro atoms. The van der Waals surface area contributed by atoms with Gasteiger partial charge in [-0.25, -0.2) is 0 Å². The van der Waals surface area contributed by atoms with Gasteiger partial charge in [-0.3, -0.25) is 19.2 Å². The fourth-order valence-electron chi connectivity index (χ4n) is 4.32. The van der Waals surface area contributed by atoms with Crippen LogP contribution < -0.4 is 9.47 Å². The zero-order chi connectivity index (χ0) is 29.9. The summed E-state index contributed by atoms with van der Waals surface area (Å²) in [5.41, 5.74) is 8.49. The quantitative estimate of drug-likeness (QED) is 0.165. The number of ether oxygens (including phenoxy) is 2. The first kappa shape index (κ1) is 31.9. The number of methoxy groups -OCH3 is 2. The first-order valence-electron chi connectivity index (χ1n) is 13.0. The Bertz CT molecular complexity index is 1590. The summed E-state index contributed by atoms with van der Waals surface area (Å²) in [6, 6.07) is 34.1. The summed E-state index contributed by atoms with van der Waals surface area (Å²) in [6.07, 6.45) is 3.04. The van der Waals surface area contributed by atoms with Crippen molar-refractivity contribution in [3.8, 4) is 44.9 Å². The highest BCUT2D eigenvalue weighted by Gasteiger charge is 2.08. The Morgan fingerprint density at radius 3 is 1.00 bits per heavy atom. The molecule has 0 aliphatic heterocycles. The van der Waals surface area contributed by atoms with E-state index in [-0.39, 0.29) is 7.43 Å². The summed E-state index contributed by atoms with van der Waals surface area (Å²) in [6.45, 7) is 0. The van der Waals surface area contributed by atoms with Crippen molar-refractivity contribution in [1.29, 1.82) is 0 Å². The maximum Gasteiger partial charge on any atom is 0.150 e. The average molecular weight is 573 g/mol. The first-order chi connectivity index (χ1) is 20.5. The molecule has 216 valence electrons. The van der Waals surface area contributed by atoms with Gasteiger partial charge in [0.2, 0.25) is 0 Å². The van der Waals surface area contributed by atoms with Crippen molar-refractivity contribution in [2.45, 2.75) is 7.43 Å². The van der Waals surface area contributed by atoms with Crippen molar-refractivity contribution in [1.82, 2.24) is 0 Å². The molecule has 6 nitrogen and oxygen atoms in total. The molecule has 0 heterocycles. The molecule has 0 atom stereocenters. The topological polar surface area (TPSA) is 86.7 Å². The molecule has 0 saturated heterocycles. The summed E-state index contributed by atoms with van der Waals surface area (Å²) in [7, 11) is 3.14. The lowest BCUT2D eigenvalue weighted by Crippen LogP contribution is -1.89. The number of hydrogen-bond donors (Lipinski definition) is 0. The molecule has 0 radical (unpaired) electrons. The van der Waals surface area contributed by atoms with Crippen molar-refractivity contribution in [3.05, 3.63) is 131 Å². The normalized spacial score (nSPS) is 9.81. The van der Waals surface area contributed by atoms with Crippen LogP contribution >= 0.6 is 0 Å². The minimum absolute atomic E-state index is 0. The lowest BCUT2D eigenvalue weighted by Gasteiger charge is -2.12. The maximum atomic E-state index is 11.0. The molecule has 5 rings (SSSR count). The van der Waals surface area contributed by atoms with E-state index in [0.717, 1.165) is 51.7 Å². The lowest BCUT2D eigenvalue weighted by atomic mass is 9.93. The van der Waals surface area contributed by atoms with Crippen LogP contribution in [0, 0.1) is 0 Å². The first-order valence-corrected chi connectivity index (χ1v) is 13.0. The van der Waals surface area contributed by atoms with Crippen LogP contribution in [-0.4, -0.2) is 39.4 Å². The monoisotopic (exact) mass is 572 g/mol. The highest BCUT2D eigenvalue weighted by atomic mass is 16.5. The SMILES string of the molecule is C.COc1cc(C=O)cc(C=O)c1.COc1ccc(-c2cc(-c3ccc(C=O)cc3)cc(-c3ccc(C=O)cc3)c2)cc1. The summed E-state index contributed by atoms with van der Waals surface area (Å²) in [5, 5.41) is 0. The second-order valence-electron chi connectivity index (χ2n) is 9.28. The average Bonchev–Trinajstić information content (AvgIpc) is 3.08. The smallest absolute Gasteiger partial charge is 0.150 e. The molecule has 43 heavy (non-hydrogen) atoms. The molecule has 6 heteroatoms.